The second-order valence-corrected chi connectivity index (χ2v) is 8.06. The molecule has 27 heavy (non-hydrogen) atoms. The van der Waals surface area contributed by atoms with E-state index in [1.165, 1.54) is 18.2 Å². The van der Waals surface area contributed by atoms with Gasteiger partial charge in [-0.25, -0.2) is 17.5 Å². The van der Waals surface area contributed by atoms with Gasteiger partial charge in [0.05, 0.1) is 10.6 Å². The molecule has 0 fully saturated rings. The fourth-order valence-corrected chi connectivity index (χ4v) is 3.72. The van der Waals surface area contributed by atoms with Gasteiger partial charge in [-0.05, 0) is 24.3 Å². The average Bonchev–Trinajstić information content (AvgIpc) is 2.66. The Bertz CT molecular complexity index is 892. The zero-order valence-electron chi connectivity index (χ0n) is 14.1. The molecule has 0 unspecified atom stereocenters. The first kappa shape index (κ1) is 20.9. The first-order chi connectivity index (χ1) is 12.9. The number of amides is 2. The Labute approximate surface area is 160 Å². The maximum absolute atomic E-state index is 13.4. The number of nitrogens with one attached hydrogen (secondary N) is 3. The number of hydrogen-bond donors (Lipinski definition) is 3. The highest BCUT2D eigenvalue weighted by Gasteiger charge is 2.13. The Morgan fingerprint density at radius 3 is 2.26 bits per heavy atom. The molecule has 10 heteroatoms. The number of hydrazine groups is 1. The molecular weight excluding hydrogens is 393 g/mol. The molecule has 0 atom stereocenters. The van der Waals surface area contributed by atoms with E-state index in [9.17, 15) is 22.4 Å². The first-order valence-electron chi connectivity index (χ1n) is 7.88. The summed E-state index contributed by atoms with van der Waals surface area (Å²) in [5.41, 5.74) is 4.37. The molecule has 3 N–H and O–H groups in total. The van der Waals surface area contributed by atoms with E-state index in [1.54, 1.807) is 36.4 Å². The second kappa shape index (κ2) is 10.0. The van der Waals surface area contributed by atoms with Crippen LogP contribution in [-0.2, 0) is 19.6 Å². The summed E-state index contributed by atoms with van der Waals surface area (Å²) in [6.07, 6.45) is -0.160. The molecule has 0 aromatic heterocycles. The van der Waals surface area contributed by atoms with Crippen molar-refractivity contribution in [3.05, 3.63) is 60.4 Å². The van der Waals surface area contributed by atoms with Crippen molar-refractivity contribution in [3.8, 4) is 0 Å². The molecule has 0 aliphatic carbocycles. The fourth-order valence-electron chi connectivity index (χ4n) is 1.92. The number of hydrogen-bond acceptors (Lipinski definition) is 5. The number of sulfonamides is 1. The topological polar surface area (TPSA) is 104 Å². The van der Waals surface area contributed by atoms with E-state index in [4.69, 9.17) is 0 Å². The van der Waals surface area contributed by atoms with Crippen LogP contribution in [0.2, 0.25) is 0 Å². The van der Waals surface area contributed by atoms with Gasteiger partial charge in [-0.3, -0.25) is 20.4 Å². The normalized spacial score (nSPS) is 11.0. The van der Waals surface area contributed by atoms with E-state index < -0.39 is 27.7 Å². The Balaban J connectivity index is 1.67. The molecule has 0 radical (unpaired) electrons. The van der Waals surface area contributed by atoms with E-state index in [0.29, 0.717) is 4.90 Å². The molecule has 7 nitrogen and oxygen atoms in total. The smallest absolute Gasteiger partial charge is 0.248 e. The Hall–Kier alpha value is -2.43. The zero-order chi connectivity index (χ0) is 19.7. The minimum atomic E-state index is -3.69. The number of rotatable bonds is 8. The average molecular weight is 411 g/mol. The molecule has 0 aliphatic rings. The van der Waals surface area contributed by atoms with Crippen LogP contribution < -0.4 is 15.6 Å². The highest BCUT2D eigenvalue weighted by Crippen LogP contribution is 2.20. The largest absolute Gasteiger partial charge is 0.273 e. The van der Waals surface area contributed by atoms with Crippen LogP contribution >= 0.6 is 11.8 Å². The van der Waals surface area contributed by atoms with Crippen LogP contribution in [0.1, 0.15) is 6.42 Å². The summed E-state index contributed by atoms with van der Waals surface area (Å²) in [5, 5.41) is 0. The van der Waals surface area contributed by atoms with Crippen molar-refractivity contribution >= 4 is 33.6 Å². The van der Waals surface area contributed by atoms with Crippen molar-refractivity contribution in [2.45, 2.75) is 16.2 Å². The number of carbonyl (C=O) groups is 2. The lowest BCUT2D eigenvalue weighted by Crippen LogP contribution is -2.43. The van der Waals surface area contributed by atoms with Crippen molar-refractivity contribution in [2.24, 2.45) is 0 Å². The molecule has 0 spiro atoms. The van der Waals surface area contributed by atoms with Crippen LogP contribution in [0.15, 0.2) is 64.4 Å². The van der Waals surface area contributed by atoms with E-state index >= 15 is 0 Å². The molecule has 0 bridgehead atoms. The Morgan fingerprint density at radius 2 is 1.56 bits per heavy atom. The molecular formula is C17H18FN3O4S2. The van der Waals surface area contributed by atoms with E-state index in [1.807, 2.05) is 0 Å². The van der Waals surface area contributed by atoms with Gasteiger partial charge in [0.2, 0.25) is 21.8 Å². The van der Waals surface area contributed by atoms with E-state index in [0.717, 1.165) is 11.8 Å². The summed E-state index contributed by atoms with van der Waals surface area (Å²) in [7, 11) is -3.69. The molecule has 0 saturated carbocycles. The predicted octanol–water partition coefficient (Wildman–Crippen LogP) is 1.43. The van der Waals surface area contributed by atoms with Crippen LogP contribution in [0.5, 0.6) is 0 Å². The van der Waals surface area contributed by atoms with Crippen molar-refractivity contribution < 1.29 is 22.4 Å². The maximum atomic E-state index is 13.4. The quantitative estimate of drug-likeness (QED) is 0.450. The van der Waals surface area contributed by atoms with Crippen LogP contribution in [0.25, 0.3) is 0 Å². The van der Waals surface area contributed by atoms with Crippen LogP contribution in [0.3, 0.4) is 0 Å². The summed E-state index contributed by atoms with van der Waals surface area (Å²) < 4.78 is 39.7. The fraction of sp³-hybridized carbons (Fsp3) is 0.176. The highest BCUT2D eigenvalue weighted by molar-refractivity contribution is 8.00. The third kappa shape index (κ3) is 7.00. The van der Waals surface area contributed by atoms with Gasteiger partial charge in [0.15, 0.2) is 0 Å². The minimum Gasteiger partial charge on any atom is -0.273 e. The van der Waals surface area contributed by atoms with E-state index in [-0.39, 0.29) is 23.6 Å². The maximum Gasteiger partial charge on any atom is 0.248 e. The molecule has 0 aliphatic heterocycles. The van der Waals surface area contributed by atoms with Crippen LogP contribution in [0.4, 0.5) is 4.39 Å². The standard InChI is InChI=1S/C17H18FN3O4S2/c18-14-8-4-5-9-15(14)26-12-17(23)21-20-16(22)10-11-19-27(24,25)13-6-2-1-3-7-13/h1-9,19H,10-12H2,(H,20,22)(H,21,23). The highest BCUT2D eigenvalue weighted by atomic mass is 32.2. The second-order valence-electron chi connectivity index (χ2n) is 5.28. The summed E-state index contributed by atoms with van der Waals surface area (Å²) in [5.74, 6) is -1.58. The molecule has 0 saturated heterocycles. The summed E-state index contributed by atoms with van der Waals surface area (Å²) in [6, 6.07) is 13.8. The summed E-state index contributed by atoms with van der Waals surface area (Å²) in [4.78, 5) is 23.8. The van der Waals surface area contributed by atoms with Crippen molar-refractivity contribution in [1.29, 1.82) is 0 Å². The van der Waals surface area contributed by atoms with Gasteiger partial charge in [-0.1, -0.05) is 30.3 Å². The molecule has 0 heterocycles. The van der Waals surface area contributed by atoms with Gasteiger partial charge in [-0.2, -0.15) is 0 Å². The van der Waals surface area contributed by atoms with Gasteiger partial charge in [-0.15, -0.1) is 11.8 Å². The van der Waals surface area contributed by atoms with Gasteiger partial charge in [0, 0.05) is 17.9 Å². The number of thioether (sulfide) groups is 1. The molecule has 2 aromatic rings. The number of benzene rings is 2. The number of carbonyl (C=O) groups excluding carboxylic acids is 2. The van der Waals surface area contributed by atoms with Gasteiger partial charge < -0.3 is 0 Å². The Kier molecular flexibility index (Phi) is 7.77. The van der Waals surface area contributed by atoms with Gasteiger partial charge >= 0.3 is 0 Å². The molecule has 2 aromatic carbocycles. The summed E-state index contributed by atoms with van der Waals surface area (Å²) >= 11 is 0.996. The lowest BCUT2D eigenvalue weighted by atomic mass is 10.3. The molecule has 2 rings (SSSR count). The zero-order valence-corrected chi connectivity index (χ0v) is 15.8. The number of halogens is 1. The molecule has 144 valence electrons. The van der Waals surface area contributed by atoms with E-state index in [2.05, 4.69) is 15.6 Å². The SMILES string of the molecule is O=C(CCNS(=O)(=O)c1ccccc1)NNC(=O)CSc1ccccc1F. The van der Waals surface area contributed by atoms with Crippen molar-refractivity contribution in [3.63, 3.8) is 0 Å². The van der Waals surface area contributed by atoms with Crippen LogP contribution in [0, 0.1) is 5.82 Å². The first-order valence-corrected chi connectivity index (χ1v) is 10.3. The predicted molar refractivity (Wildman–Crippen MR) is 99.7 cm³/mol. The molecule has 2 amide bonds. The van der Waals surface area contributed by atoms with Crippen LogP contribution in [-0.4, -0.2) is 32.5 Å². The Morgan fingerprint density at radius 1 is 0.926 bits per heavy atom. The lowest BCUT2D eigenvalue weighted by molar-refractivity contribution is -0.127. The van der Waals surface area contributed by atoms with Crippen molar-refractivity contribution in [2.75, 3.05) is 12.3 Å². The third-order valence-corrected chi connectivity index (χ3v) is 5.76. The summed E-state index contributed by atoms with van der Waals surface area (Å²) in [6.45, 7) is -0.122. The van der Waals surface area contributed by atoms with Gasteiger partial charge in [0.25, 0.3) is 0 Å². The lowest BCUT2D eigenvalue weighted by Gasteiger charge is -2.09. The third-order valence-electron chi connectivity index (χ3n) is 3.23. The monoisotopic (exact) mass is 411 g/mol. The van der Waals surface area contributed by atoms with Gasteiger partial charge in [0.1, 0.15) is 5.82 Å². The van der Waals surface area contributed by atoms with Crippen molar-refractivity contribution in [1.82, 2.24) is 15.6 Å². The minimum absolute atomic E-state index is 0.0815.